The van der Waals surface area contributed by atoms with Gasteiger partial charge < -0.3 is 10.5 Å². The average molecular weight is 332 g/mol. The van der Waals surface area contributed by atoms with Crippen molar-refractivity contribution in [1.82, 2.24) is 5.32 Å². The largest absolute Gasteiger partial charge is 0.496 e. The lowest BCUT2D eigenvalue weighted by Gasteiger charge is -2.37. The summed E-state index contributed by atoms with van der Waals surface area (Å²) in [5, 5.41) is 3.70. The van der Waals surface area contributed by atoms with Crippen LogP contribution in [0, 0.1) is 0 Å². The van der Waals surface area contributed by atoms with Crippen LogP contribution >= 0.6 is 0 Å². The Kier molecular flexibility index (Phi) is 5.49. The van der Waals surface area contributed by atoms with E-state index in [2.05, 4.69) is 59.9 Å². The Balaban J connectivity index is 2.32. The highest BCUT2D eigenvalue weighted by Gasteiger charge is 2.37. The van der Waals surface area contributed by atoms with Crippen LogP contribution in [0.25, 0.3) is 0 Å². The van der Waals surface area contributed by atoms with Gasteiger partial charge in [0.1, 0.15) is 5.75 Å². The number of ether oxygens (including phenoxy) is 1. The highest BCUT2D eigenvalue weighted by atomic mass is 16.5. The average Bonchev–Trinajstić information content (AvgIpc) is 2.70. The fourth-order valence-electron chi connectivity index (χ4n) is 3.37. The summed E-state index contributed by atoms with van der Waals surface area (Å²) in [5.74, 6) is 0.847. The van der Waals surface area contributed by atoms with Crippen molar-refractivity contribution in [3.63, 3.8) is 0 Å². The molecule has 128 valence electrons. The maximum atomic E-state index is 5.85. The second-order valence-corrected chi connectivity index (χ2v) is 5.90. The number of methoxy groups -OCH3 is 1. The van der Waals surface area contributed by atoms with Crippen molar-refractivity contribution in [2.24, 2.45) is 5.73 Å². The molecule has 3 aromatic rings. The number of nitrogens with one attached hydrogen (secondary N) is 1. The fraction of sp³-hybridized carbons (Fsp3) is 0.182. The van der Waals surface area contributed by atoms with Crippen LogP contribution < -0.4 is 15.8 Å². The van der Waals surface area contributed by atoms with Crippen LogP contribution in [0.4, 0.5) is 0 Å². The Hall–Kier alpha value is -2.62. The standard InChI is InChI=1S/C22H24N2O/c1-25-21-15-9-8-14-20(21)22(24-17-16-23,18-10-4-2-5-11-18)19-12-6-3-7-13-19/h2-15,24H,16-17,23H2,1H3. The van der Waals surface area contributed by atoms with E-state index in [-0.39, 0.29) is 0 Å². The van der Waals surface area contributed by atoms with Crippen molar-refractivity contribution in [3.8, 4) is 5.75 Å². The Labute approximate surface area is 149 Å². The van der Waals surface area contributed by atoms with E-state index < -0.39 is 5.54 Å². The minimum atomic E-state index is -0.533. The SMILES string of the molecule is COc1ccccc1C(NCCN)(c1ccccc1)c1ccccc1. The summed E-state index contributed by atoms with van der Waals surface area (Å²) in [7, 11) is 1.71. The van der Waals surface area contributed by atoms with Crippen molar-refractivity contribution in [2.45, 2.75) is 5.54 Å². The van der Waals surface area contributed by atoms with Crippen molar-refractivity contribution < 1.29 is 4.74 Å². The van der Waals surface area contributed by atoms with Gasteiger partial charge in [-0.2, -0.15) is 0 Å². The second kappa shape index (κ2) is 7.97. The zero-order chi connectivity index (χ0) is 17.5. The van der Waals surface area contributed by atoms with Crippen LogP contribution in [0.1, 0.15) is 16.7 Å². The first-order chi connectivity index (χ1) is 12.3. The molecule has 0 aliphatic heterocycles. The predicted octanol–water partition coefficient (Wildman–Crippen LogP) is 3.54. The van der Waals surface area contributed by atoms with E-state index in [1.54, 1.807) is 7.11 Å². The molecule has 0 aliphatic rings. The van der Waals surface area contributed by atoms with Gasteiger partial charge in [-0.15, -0.1) is 0 Å². The van der Waals surface area contributed by atoms with Gasteiger partial charge >= 0.3 is 0 Å². The van der Waals surface area contributed by atoms with E-state index in [4.69, 9.17) is 10.5 Å². The van der Waals surface area contributed by atoms with Crippen LogP contribution in [0.2, 0.25) is 0 Å². The van der Waals surface area contributed by atoms with Gasteiger partial charge in [0.25, 0.3) is 0 Å². The van der Waals surface area contributed by atoms with Gasteiger partial charge in [0.05, 0.1) is 12.6 Å². The van der Waals surface area contributed by atoms with Gasteiger partial charge in [0.2, 0.25) is 0 Å². The molecule has 0 saturated heterocycles. The topological polar surface area (TPSA) is 47.3 Å². The van der Waals surface area contributed by atoms with Crippen molar-refractivity contribution in [2.75, 3.05) is 20.2 Å². The molecular weight excluding hydrogens is 308 g/mol. The lowest BCUT2D eigenvalue weighted by atomic mass is 9.76. The zero-order valence-corrected chi connectivity index (χ0v) is 14.5. The Morgan fingerprint density at radius 2 is 1.32 bits per heavy atom. The van der Waals surface area contributed by atoms with Crippen LogP contribution in [0.3, 0.4) is 0 Å². The maximum Gasteiger partial charge on any atom is 0.124 e. The lowest BCUT2D eigenvalue weighted by Crippen LogP contribution is -2.46. The molecule has 3 aromatic carbocycles. The number of nitrogens with two attached hydrogens (primary N) is 1. The molecule has 25 heavy (non-hydrogen) atoms. The Morgan fingerprint density at radius 3 is 1.84 bits per heavy atom. The molecule has 0 heterocycles. The summed E-state index contributed by atoms with van der Waals surface area (Å²) in [5.41, 5.74) is 8.69. The van der Waals surface area contributed by atoms with E-state index >= 15 is 0 Å². The summed E-state index contributed by atoms with van der Waals surface area (Å²) in [6, 6.07) is 29.0. The highest BCUT2D eigenvalue weighted by Crippen LogP contribution is 2.40. The number of benzene rings is 3. The smallest absolute Gasteiger partial charge is 0.124 e. The van der Waals surface area contributed by atoms with Crippen LogP contribution in [0.15, 0.2) is 84.9 Å². The predicted molar refractivity (Wildman–Crippen MR) is 103 cm³/mol. The van der Waals surface area contributed by atoms with E-state index in [0.717, 1.165) is 22.4 Å². The Bertz CT molecular complexity index is 748. The van der Waals surface area contributed by atoms with E-state index in [9.17, 15) is 0 Å². The van der Waals surface area contributed by atoms with Gasteiger partial charge in [0.15, 0.2) is 0 Å². The van der Waals surface area contributed by atoms with Crippen LogP contribution in [-0.2, 0) is 5.54 Å². The molecule has 3 nitrogen and oxygen atoms in total. The molecule has 0 fully saturated rings. The third-order valence-electron chi connectivity index (χ3n) is 4.46. The molecule has 3 heteroatoms. The minimum Gasteiger partial charge on any atom is -0.496 e. The van der Waals surface area contributed by atoms with Gasteiger partial charge in [-0.1, -0.05) is 78.9 Å². The monoisotopic (exact) mass is 332 g/mol. The molecule has 0 spiro atoms. The van der Waals surface area contributed by atoms with Crippen LogP contribution in [-0.4, -0.2) is 20.2 Å². The molecule has 0 radical (unpaired) electrons. The van der Waals surface area contributed by atoms with E-state index in [1.807, 2.05) is 30.3 Å². The first-order valence-corrected chi connectivity index (χ1v) is 8.52. The number of para-hydroxylation sites is 1. The molecule has 0 atom stereocenters. The summed E-state index contributed by atoms with van der Waals surface area (Å²) < 4.78 is 5.70. The molecule has 0 aliphatic carbocycles. The third kappa shape index (κ3) is 3.29. The van der Waals surface area contributed by atoms with Gasteiger partial charge in [0, 0.05) is 18.7 Å². The number of rotatable bonds is 7. The summed E-state index contributed by atoms with van der Waals surface area (Å²) in [4.78, 5) is 0. The highest BCUT2D eigenvalue weighted by molar-refractivity contribution is 5.54. The van der Waals surface area contributed by atoms with E-state index in [1.165, 1.54) is 0 Å². The normalized spacial score (nSPS) is 11.3. The molecule has 0 amide bonds. The molecule has 0 aromatic heterocycles. The first-order valence-electron chi connectivity index (χ1n) is 8.52. The molecule has 3 rings (SSSR count). The zero-order valence-electron chi connectivity index (χ0n) is 14.5. The quantitative estimate of drug-likeness (QED) is 0.651. The molecule has 0 bridgehead atoms. The molecule has 0 saturated carbocycles. The summed E-state index contributed by atoms with van der Waals surface area (Å²) >= 11 is 0. The van der Waals surface area contributed by atoms with Gasteiger partial charge in [-0.3, -0.25) is 5.32 Å². The second-order valence-electron chi connectivity index (χ2n) is 5.90. The fourth-order valence-corrected chi connectivity index (χ4v) is 3.37. The minimum absolute atomic E-state index is 0.533. The first kappa shape index (κ1) is 17.2. The van der Waals surface area contributed by atoms with Gasteiger partial charge in [-0.05, 0) is 17.2 Å². The number of hydrogen-bond acceptors (Lipinski definition) is 3. The van der Waals surface area contributed by atoms with Gasteiger partial charge in [-0.25, -0.2) is 0 Å². The van der Waals surface area contributed by atoms with Crippen molar-refractivity contribution >= 4 is 0 Å². The number of hydrogen-bond donors (Lipinski definition) is 2. The van der Waals surface area contributed by atoms with Crippen molar-refractivity contribution in [3.05, 3.63) is 102 Å². The molecule has 3 N–H and O–H groups in total. The maximum absolute atomic E-state index is 5.85. The molecule has 0 unspecified atom stereocenters. The summed E-state index contributed by atoms with van der Waals surface area (Å²) in [6.07, 6.45) is 0. The van der Waals surface area contributed by atoms with Crippen LogP contribution in [0.5, 0.6) is 5.75 Å². The third-order valence-corrected chi connectivity index (χ3v) is 4.46. The van der Waals surface area contributed by atoms with E-state index in [0.29, 0.717) is 13.1 Å². The summed E-state index contributed by atoms with van der Waals surface area (Å²) in [6.45, 7) is 1.23. The molecular formula is C22H24N2O. The lowest BCUT2D eigenvalue weighted by molar-refractivity contribution is 0.388. The van der Waals surface area contributed by atoms with Crippen molar-refractivity contribution in [1.29, 1.82) is 0 Å². The Morgan fingerprint density at radius 1 is 0.800 bits per heavy atom.